The van der Waals surface area contributed by atoms with E-state index < -0.39 is 11.9 Å². The minimum absolute atomic E-state index is 0.0499. The molecular formula is C30H24O4S3. The van der Waals surface area contributed by atoms with Crippen LogP contribution >= 0.6 is 34.0 Å². The van der Waals surface area contributed by atoms with Crippen molar-refractivity contribution in [3.05, 3.63) is 95.1 Å². The lowest BCUT2D eigenvalue weighted by atomic mass is 10.1. The van der Waals surface area contributed by atoms with Crippen molar-refractivity contribution in [2.75, 3.05) is 0 Å². The highest BCUT2D eigenvalue weighted by atomic mass is 32.1. The Hall–Kier alpha value is -3.52. The van der Waals surface area contributed by atoms with Gasteiger partial charge < -0.3 is 10.2 Å². The van der Waals surface area contributed by atoms with E-state index in [1.54, 1.807) is 34.0 Å². The third kappa shape index (κ3) is 5.59. The van der Waals surface area contributed by atoms with Gasteiger partial charge in [-0.3, -0.25) is 9.59 Å². The summed E-state index contributed by atoms with van der Waals surface area (Å²) in [6.07, 6.45) is -0.0999. The molecule has 3 aromatic heterocycles. The molecule has 2 aromatic carbocycles. The van der Waals surface area contributed by atoms with E-state index in [9.17, 15) is 19.8 Å². The van der Waals surface area contributed by atoms with Gasteiger partial charge in [0.1, 0.15) is 0 Å². The van der Waals surface area contributed by atoms with Crippen molar-refractivity contribution >= 4 is 45.9 Å². The molecule has 7 heteroatoms. The van der Waals surface area contributed by atoms with Gasteiger partial charge in [-0.25, -0.2) is 0 Å². The lowest BCUT2D eigenvalue weighted by Crippen LogP contribution is -1.99. The third-order valence-electron chi connectivity index (χ3n) is 5.96. The smallest absolute Gasteiger partial charge is 0.307 e. The summed E-state index contributed by atoms with van der Waals surface area (Å²) in [6.45, 7) is 4.09. The number of hydrogen-bond acceptors (Lipinski definition) is 5. The molecule has 2 N–H and O–H groups in total. The number of hydrogen-bond donors (Lipinski definition) is 2. The van der Waals surface area contributed by atoms with Crippen molar-refractivity contribution in [3.63, 3.8) is 0 Å². The first-order valence-electron chi connectivity index (χ1n) is 11.7. The Morgan fingerprint density at radius 3 is 1.41 bits per heavy atom. The highest BCUT2D eigenvalue weighted by Gasteiger charge is 2.20. The molecule has 0 saturated heterocycles. The normalized spacial score (nSPS) is 11.1. The standard InChI is InChI=1S/C30H24O4S3/c1-17-5-3-7-19(11-17)25-13-21(15-27(31)32)29(36-25)23-9-10-24(35-23)30-22(16-28(33)34)14-26(37-30)20-8-4-6-18(2)12-20/h3-14H,15-16H2,1-2H3,(H,31,32)(H,33,34). The largest absolute Gasteiger partial charge is 0.481 e. The molecule has 186 valence electrons. The van der Waals surface area contributed by atoms with Gasteiger partial charge in [0.05, 0.1) is 12.8 Å². The van der Waals surface area contributed by atoms with Gasteiger partial charge in [0.15, 0.2) is 0 Å². The average molecular weight is 545 g/mol. The first kappa shape index (κ1) is 25.1. The maximum absolute atomic E-state index is 11.6. The monoisotopic (exact) mass is 544 g/mol. The van der Waals surface area contributed by atoms with Gasteiger partial charge in [-0.15, -0.1) is 34.0 Å². The van der Waals surface area contributed by atoms with Gasteiger partial charge in [-0.1, -0.05) is 59.7 Å². The van der Waals surface area contributed by atoms with Crippen LogP contribution in [0.15, 0.2) is 72.8 Å². The number of benzene rings is 2. The Kier molecular flexibility index (Phi) is 7.11. The van der Waals surface area contributed by atoms with Crippen LogP contribution in [0, 0.1) is 13.8 Å². The molecule has 5 aromatic rings. The molecular weight excluding hydrogens is 521 g/mol. The molecule has 0 bridgehead atoms. The average Bonchev–Trinajstić information content (AvgIpc) is 3.57. The number of thiophene rings is 3. The molecule has 4 nitrogen and oxygen atoms in total. The number of aryl methyl sites for hydroxylation is 2. The van der Waals surface area contributed by atoms with Crippen LogP contribution in [0.4, 0.5) is 0 Å². The summed E-state index contributed by atoms with van der Waals surface area (Å²) in [7, 11) is 0. The minimum atomic E-state index is -0.864. The first-order chi connectivity index (χ1) is 17.8. The van der Waals surface area contributed by atoms with Gasteiger partial charge in [0, 0.05) is 29.3 Å². The summed E-state index contributed by atoms with van der Waals surface area (Å²) in [6, 6.07) is 24.4. The SMILES string of the molecule is Cc1cccc(-c2cc(CC(=O)O)c(-c3ccc(-c4sc(-c5cccc(C)c5)cc4CC(=O)O)s3)s2)c1. The van der Waals surface area contributed by atoms with Crippen molar-refractivity contribution in [3.8, 4) is 40.4 Å². The summed E-state index contributed by atoms with van der Waals surface area (Å²) >= 11 is 4.78. The Morgan fingerprint density at radius 1 is 0.595 bits per heavy atom. The zero-order valence-corrected chi connectivity index (χ0v) is 22.7. The van der Waals surface area contributed by atoms with Gasteiger partial charge in [-0.05, 0) is 60.4 Å². The van der Waals surface area contributed by atoms with Gasteiger partial charge in [-0.2, -0.15) is 0 Å². The summed E-state index contributed by atoms with van der Waals surface area (Å²) < 4.78 is 0. The maximum Gasteiger partial charge on any atom is 0.307 e. The molecule has 0 unspecified atom stereocenters. The fourth-order valence-electron chi connectivity index (χ4n) is 4.33. The molecule has 0 spiro atoms. The van der Waals surface area contributed by atoms with Crippen molar-refractivity contribution < 1.29 is 19.8 Å². The second-order valence-electron chi connectivity index (χ2n) is 8.97. The van der Waals surface area contributed by atoms with Crippen LogP contribution < -0.4 is 0 Å². The molecule has 0 aliphatic heterocycles. The van der Waals surface area contributed by atoms with Crippen molar-refractivity contribution in [2.45, 2.75) is 26.7 Å². The molecule has 5 rings (SSSR count). The number of carboxylic acids is 2. The third-order valence-corrected chi connectivity index (χ3v) is 9.86. The molecule has 0 radical (unpaired) electrons. The second-order valence-corrected chi connectivity index (χ2v) is 12.2. The highest BCUT2D eigenvalue weighted by Crippen LogP contribution is 2.46. The van der Waals surface area contributed by atoms with E-state index in [2.05, 4.69) is 12.1 Å². The van der Waals surface area contributed by atoms with Crippen LogP contribution in [0.1, 0.15) is 22.3 Å². The molecule has 0 aliphatic carbocycles. The predicted molar refractivity (Wildman–Crippen MR) is 154 cm³/mol. The highest BCUT2D eigenvalue weighted by molar-refractivity contribution is 7.28. The number of carboxylic acid groups (broad SMARTS) is 2. The van der Waals surface area contributed by atoms with E-state index in [4.69, 9.17) is 0 Å². The maximum atomic E-state index is 11.6. The van der Waals surface area contributed by atoms with Crippen molar-refractivity contribution in [1.29, 1.82) is 0 Å². The van der Waals surface area contributed by atoms with Crippen LogP contribution in [-0.4, -0.2) is 22.2 Å². The minimum Gasteiger partial charge on any atom is -0.481 e. The van der Waals surface area contributed by atoms with E-state index in [-0.39, 0.29) is 12.8 Å². The van der Waals surface area contributed by atoms with Crippen LogP contribution in [0.3, 0.4) is 0 Å². The summed E-state index contributed by atoms with van der Waals surface area (Å²) in [5.74, 6) is -1.73. The fraction of sp³-hybridized carbons (Fsp3) is 0.133. The lowest BCUT2D eigenvalue weighted by molar-refractivity contribution is -0.137. The number of carbonyl (C=O) groups is 2. The molecule has 0 fully saturated rings. The number of aliphatic carboxylic acids is 2. The Balaban J connectivity index is 1.57. The molecule has 3 heterocycles. The summed E-state index contributed by atoms with van der Waals surface area (Å²) in [5, 5.41) is 19.1. The topological polar surface area (TPSA) is 74.6 Å². The van der Waals surface area contributed by atoms with Crippen molar-refractivity contribution in [2.24, 2.45) is 0 Å². The molecule has 0 aliphatic rings. The molecule has 37 heavy (non-hydrogen) atoms. The Morgan fingerprint density at radius 2 is 1.03 bits per heavy atom. The van der Waals surface area contributed by atoms with Crippen LogP contribution in [-0.2, 0) is 22.4 Å². The first-order valence-corrected chi connectivity index (χ1v) is 14.2. The quantitative estimate of drug-likeness (QED) is 0.206. The molecule has 0 saturated carbocycles. The van der Waals surface area contributed by atoms with E-state index in [1.165, 1.54) is 0 Å². The van der Waals surface area contributed by atoms with Crippen LogP contribution in [0.25, 0.3) is 40.4 Å². The second kappa shape index (κ2) is 10.5. The zero-order chi connectivity index (χ0) is 26.1. The number of rotatable bonds is 8. The predicted octanol–water partition coefficient (Wildman–Crippen LogP) is 8.41. The summed E-state index contributed by atoms with van der Waals surface area (Å²) in [4.78, 5) is 29.2. The lowest BCUT2D eigenvalue weighted by Gasteiger charge is -2.00. The van der Waals surface area contributed by atoms with Crippen LogP contribution in [0.5, 0.6) is 0 Å². The van der Waals surface area contributed by atoms with E-state index in [0.717, 1.165) is 62.6 Å². The van der Waals surface area contributed by atoms with Gasteiger partial charge in [0.2, 0.25) is 0 Å². The molecule has 0 atom stereocenters. The van der Waals surface area contributed by atoms with Crippen LogP contribution in [0.2, 0.25) is 0 Å². The van der Waals surface area contributed by atoms with E-state index >= 15 is 0 Å². The fourth-order valence-corrected chi connectivity index (χ4v) is 7.98. The molecule has 0 amide bonds. The van der Waals surface area contributed by atoms with E-state index in [1.807, 2.05) is 74.5 Å². The zero-order valence-electron chi connectivity index (χ0n) is 20.3. The van der Waals surface area contributed by atoms with Crippen molar-refractivity contribution in [1.82, 2.24) is 0 Å². The van der Waals surface area contributed by atoms with Gasteiger partial charge >= 0.3 is 11.9 Å². The Labute approximate surface area is 227 Å². The Bertz CT molecular complexity index is 1500. The summed E-state index contributed by atoms with van der Waals surface area (Å²) in [5.41, 5.74) is 6.03. The van der Waals surface area contributed by atoms with E-state index in [0.29, 0.717) is 0 Å². The van der Waals surface area contributed by atoms with Gasteiger partial charge in [0.25, 0.3) is 0 Å².